The van der Waals surface area contributed by atoms with Gasteiger partial charge in [0.15, 0.2) is 0 Å². The van der Waals surface area contributed by atoms with Crippen molar-refractivity contribution in [3.05, 3.63) is 60.2 Å². The number of nitrogens with one attached hydrogen (secondary N) is 1. The van der Waals surface area contributed by atoms with Crippen molar-refractivity contribution in [2.24, 2.45) is 0 Å². The summed E-state index contributed by atoms with van der Waals surface area (Å²) in [5.74, 6) is -0.292. The highest BCUT2D eigenvalue weighted by Gasteiger charge is 2.13. The molecule has 0 fully saturated rings. The number of nitrogens with zero attached hydrogens (tertiary/aromatic N) is 3. The van der Waals surface area contributed by atoms with Crippen molar-refractivity contribution in [2.75, 3.05) is 0 Å². The van der Waals surface area contributed by atoms with E-state index in [9.17, 15) is 4.39 Å². The summed E-state index contributed by atoms with van der Waals surface area (Å²) < 4.78 is 13.1. The standard InChI is InChI=1S/C17H9FN4/c18-12-4-2-11(3-5-12)16-15-13-7-10(8-19)1-6-14(13)22-17(15)21-9-20-16/h1-7,9H,(H,20,21,22). The minimum Gasteiger partial charge on any atom is -0.339 e. The lowest BCUT2D eigenvalue weighted by Gasteiger charge is -2.02. The third kappa shape index (κ3) is 1.82. The first kappa shape index (κ1) is 12.5. The van der Waals surface area contributed by atoms with E-state index in [1.165, 1.54) is 18.5 Å². The van der Waals surface area contributed by atoms with Crippen molar-refractivity contribution in [1.82, 2.24) is 15.0 Å². The van der Waals surface area contributed by atoms with Gasteiger partial charge in [-0.05, 0) is 42.5 Å². The third-order valence-corrected chi connectivity index (χ3v) is 3.64. The largest absolute Gasteiger partial charge is 0.339 e. The lowest BCUT2D eigenvalue weighted by molar-refractivity contribution is 0.628. The second-order valence-electron chi connectivity index (χ2n) is 4.95. The summed E-state index contributed by atoms with van der Waals surface area (Å²) in [7, 11) is 0. The lowest BCUT2D eigenvalue weighted by atomic mass is 10.1. The van der Waals surface area contributed by atoms with Crippen molar-refractivity contribution < 1.29 is 4.39 Å². The second kappa shape index (κ2) is 4.64. The molecule has 0 amide bonds. The van der Waals surface area contributed by atoms with E-state index >= 15 is 0 Å². The van der Waals surface area contributed by atoms with Crippen molar-refractivity contribution in [3.63, 3.8) is 0 Å². The molecule has 2 heterocycles. The average Bonchev–Trinajstić information content (AvgIpc) is 2.93. The monoisotopic (exact) mass is 288 g/mol. The Bertz CT molecular complexity index is 1040. The number of hydrogen-bond acceptors (Lipinski definition) is 3. The van der Waals surface area contributed by atoms with Crippen molar-refractivity contribution in [3.8, 4) is 17.3 Å². The van der Waals surface area contributed by atoms with Crippen LogP contribution in [0, 0.1) is 17.1 Å². The molecule has 0 unspecified atom stereocenters. The van der Waals surface area contributed by atoms with E-state index in [4.69, 9.17) is 5.26 Å². The zero-order chi connectivity index (χ0) is 15.1. The zero-order valence-electron chi connectivity index (χ0n) is 11.3. The summed E-state index contributed by atoms with van der Waals surface area (Å²) in [5.41, 5.74) is 3.67. The van der Waals surface area contributed by atoms with Crippen LogP contribution in [0.5, 0.6) is 0 Å². The molecule has 0 bridgehead atoms. The van der Waals surface area contributed by atoms with Gasteiger partial charge in [0.2, 0.25) is 0 Å². The normalized spacial score (nSPS) is 10.9. The van der Waals surface area contributed by atoms with E-state index < -0.39 is 0 Å². The van der Waals surface area contributed by atoms with Crippen LogP contribution < -0.4 is 0 Å². The topological polar surface area (TPSA) is 65.4 Å². The maximum Gasteiger partial charge on any atom is 0.142 e. The van der Waals surface area contributed by atoms with Crippen LogP contribution in [0.15, 0.2) is 48.8 Å². The molecule has 1 N–H and O–H groups in total. The summed E-state index contributed by atoms with van der Waals surface area (Å²) in [5, 5.41) is 10.8. The van der Waals surface area contributed by atoms with Gasteiger partial charge in [0.05, 0.1) is 22.7 Å². The molecule has 0 saturated heterocycles. The van der Waals surface area contributed by atoms with E-state index in [-0.39, 0.29) is 5.82 Å². The van der Waals surface area contributed by atoms with Gasteiger partial charge >= 0.3 is 0 Å². The van der Waals surface area contributed by atoms with Crippen molar-refractivity contribution in [2.45, 2.75) is 0 Å². The number of H-pyrrole nitrogens is 1. The molecule has 0 aliphatic heterocycles. The van der Waals surface area contributed by atoms with Crippen LogP contribution in [0.3, 0.4) is 0 Å². The number of rotatable bonds is 1. The minimum atomic E-state index is -0.292. The van der Waals surface area contributed by atoms with E-state index in [2.05, 4.69) is 21.0 Å². The summed E-state index contributed by atoms with van der Waals surface area (Å²) >= 11 is 0. The van der Waals surface area contributed by atoms with Crippen LogP contribution in [0.4, 0.5) is 4.39 Å². The van der Waals surface area contributed by atoms with E-state index in [0.717, 1.165) is 21.9 Å². The van der Waals surface area contributed by atoms with E-state index in [1.54, 1.807) is 18.2 Å². The first-order chi connectivity index (χ1) is 10.8. The molecule has 4 aromatic rings. The highest BCUT2D eigenvalue weighted by Crippen LogP contribution is 2.32. The number of hydrogen-bond donors (Lipinski definition) is 1. The molecule has 0 atom stereocenters. The summed E-state index contributed by atoms with van der Waals surface area (Å²) in [6.45, 7) is 0. The van der Waals surface area contributed by atoms with Gasteiger partial charge in [-0.3, -0.25) is 0 Å². The summed E-state index contributed by atoms with van der Waals surface area (Å²) in [6.07, 6.45) is 1.47. The van der Waals surface area contributed by atoms with Gasteiger partial charge in [-0.2, -0.15) is 5.26 Å². The molecule has 0 aliphatic carbocycles. The summed E-state index contributed by atoms with van der Waals surface area (Å²) in [6, 6.07) is 13.7. The molecule has 0 saturated carbocycles. The average molecular weight is 288 g/mol. The second-order valence-corrected chi connectivity index (χ2v) is 4.95. The first-order valence-corrected chi connectivity index (χ1v) is 6.69. The van der Waals surface area contributed by atoms with Crippen molar-refractivity contribution in [1.29, 1.82) is 5.26 Å². The molecule has 104 valence electrons. The Morgan fingerprint density at radius 3 is 2.64 bits per heavy atom. The number of aromatic nitrogens is 3. The number of fused-ring (bicyclic) bond motifs is 3. The maximum absolute atomic E-state index is 13.1. The highest BCUT2D eigenvalue weighted by molar-refractivity contribution is 6.12. The quantitative estimate of drug-likeness (QED) is 0.579. The fraction of sp³-hybridized carbons (Fsp3) is 0. The predicted molar refractivity (Wildman–Crippen MR) is 81.5 cm³/mol. The molecular weight excluding hydrogens is 279 g/mol. The Kier molecular flexibility index (Phi) is 2.63. The van der Waals surface area contributed by atoms with Crippen LogP contribution >= 0.6 is 0 Å². The van der Waals surface area contributed by atoms with Crippen LogP contribution in [0.2, 0.25) is 0 Å². The smallest absolute Gasteiger partial charge is 0.142 e. The van der Waals surface area contributed by atoms with Crippen LogP contribution in [-0.2, 0) is 0 Å². The van der Waals surface area contributed by atoms with E-state index in [1.807, 2.05) is 12.1 Å². The molecule has 0 radical (unpaired) electrons. The number of aromatic amines is 1. The van der Waals surface area contributed by atoms with Gasteiger partial charge in [-0.15, -0.1) is 0 Å². The maximum atomic E-state index is 13.1. The van der Waals surface area contributed by atoms with Crippen LogP contribution in [-0.4, -0.2) is 15.0 Å². The Morgan fingerprint density at radius 2 is 1.86 bits per heavy atom. The number of halogens is 1. The molecule has 0 aliphatic rings. The molecule has 2 aromatic carbocycles. The SMILES string of the molecule is N#Cc1ccc2[nH]c3ncnc(-c4ccc(F)cc4)c3c2c1. The lowest BCUT2D eigenvalue weighted by Crippen LogP contribution is -1.87. The van der Waals surface area contributed by atoms with Gasteiger partial charge in [0, 0.05) is 16.5 Å². The molecule has 0 spiro atoms. The van der Waals surface area contributed by atoms with Crippen molar-refractivity contribution >= 4 is 21.9 Å². The molecule has 2 aromatic heterocycles. The predicted octanol–water partition coefficient (Wildman–Crippen LogP) is 3.79. The Balaban J connectivity index is 2.10. The molecule has 5 heteroatoms. The van der Waals surface area contributed by atoms with Gasteiger partial charge in [0.25, 0.3) is 0 Å². The van der Waals surface area contributed by atoms with E-state index in [0.29, 0.717) is 16.9 Å². The Morgan fingerprint density at radius 1 is 1.05 bits per heavy atom. The third-order valence-electron chi connectivity index (χ3n) is 3.64. The molecule has 4 rings (SSSR count). The summed E-state index contributed by atoms with van der Waals surface area (Å²) in [4.78, 5) is 11.8. The Labute approximate surface area is 124 Å². The zero-order valence-corrected chi connectivity index (χ0v) is 11.3. The van der Waals surface area contributed by atoms with Gasteiger partial charge in [0.1, 0.15) is 17.8 Å². The Hall–Kier alpha value is -3.26. The fourth-order valence-electron chi connectivity index (χ4n) is 2.62. The molecule has 4 nitrogen and oxygen atoms in total. The van der Waals surface area contributed by atoms with Gasteiger partial charge < -0.3 is 4.98 Å². The minimum absolute atomic E-state index is 0.292. The van der Waals surface area contributed by atoms with Crippen LogP contribution in [0.1, 0.15) is 5.56 Å². The highest BCUT2D eigenvalue weighted by atomic mass is 19.1. The first-order valence-electron chi connectivity index (χ1n) is 6.69. The van der Waals surface area contributed by atoms with Crippen LogP contribution in [0.25, 0.3) is 33.2 Å². The number of benzene rings is 2. The molecular formula is C17H9FN4. The number of nitriles is 1. The fourth-order valence-corrected chi connectivity index (χ4v) is 2.62. The molecule has 22 heavy (non-hydrogen) atoms. The van der Waals surface area contributed by atoms with Gasteiger partial charge in [-0.25, -0.2) is 14.4 Å². The van der Waals surface area contributed by atoms with Gasteiger partial charge in [-0.1, -0.05) is 0 Å².